The van der Waals surface area contributed by atoms with E-state index in [-0.39, 0.29) is 4.70 Å². The first kappa shape index (κ1) is 18.1. The SMILES string of the molecule is CCCCCCCCCC[n+]1cccc(CC)c1.[F-]. The van der Waals surface area contributed by atoms with E-state index in [2.05, 4.69) is 42.9 Å². The number of aromatic nitrogens is 1. The van der Waals surface area contributed by atoms with Gasteiger partial charge in [-0.15, -0.1) is 0 Å². The number of pyridine rings is 1. The first-order valence-corrected chi connectivity index (χ1v) is 7.84. The van der Waals surface area contributed by atoms with Gasteiger partial charge in [0.1, 0.15) is 6.54 Å². The van der Waals surface area contributed by atoms with Crippen molar-refractivity contribution >= 4 is 0 Å². The van der Waals surface area contributed by atoms with E-state index in [1.165, 1.54) is 63.5 Å². The third-order valence-corrected chi connectivity index (χ3v) is 3.60. The highest BCUT2D eigenvalue weighted by atomic mass is 19.0. The van der Waals surface area contributed by atoms with Gasteiger partial charge in [0.2, 0.25) is 0 Å². The molecule has 0 aliphatic rings. The van der Waals surface area contributed by atoms with E-state index in [1.54, 1.807) is 0 Å². The van der Waals surface area contributed by atoms with Crippen LogP contribution in [0.3, 0.4) is 0 Å². The molecule has 0 amide bonds. The van der Waals surface area contributed by atoms with Gasteiger partial charge in [0.05, 0.1) is 0 Å². The van der Waals surface area contributed by atoms with Gasteiger partial charge in [-0.05, 0) is 18.9 Å². The number of rotatable bonds is 10. The zero-order valence-electron chi connectivity index (χ0n) is 12.7. The summed E-state index contributed by atoms with van der Waals surface area (Å²) in [4.78, 5) is 0. The molecule has 0 radical (unpaired) electrons. The van der Waals surface area contributed by atoms with Crippen LogP contribution in [0.1, 0.15) is 70.8 Å². The largest absolute Gasteiger partial charge is 1.00 e. The van der Waals surface area contributed by atoms with Crippen LogP contribution in [0.25, 0.3) is 0 Å². The lowest BCUT2D eigenvalue weighted by Crippen LogP contribution is -3.00. The third kappa shape index (κ3) is 8.74. The van der Waals surface area contributed by atoms with Crippen molar-refractivity contribution in [3.63, 3.8) is 0 Å². The molecule has 0 aromatic carbocycles. The summed E-state index contributed by atoms with van der Waals surface area (Å²) in [5, 5.41) is 0. The average molecular weight is 267 g/mol. The summed E-state index contributed by atoms with van der Waals surface area (Å²) in [6.45, 7) is 5.68. The molecule has 1 nitrogen and oxygen atoms in total. The fourth-order valence-corrected chi connectivity index (χ4v) is 2.35. The number of unbranched alkanes of at least 4 members (excludes halogenated alkanes) is 7. The Kier molecular flexibility index (Phi) is 11.5. The first-order chi connectivity index (χ1) is 8.86. The van der Waals surface area contributed by atoms with E-state index >= 15 is 0 Å². The Bertz CT molecular complexity index is 312. The molecule has 2 heteroatoms. The first-order valence-electron chi connectivity index (χ1n) is 7.84. The van der Waals surface area contributed by atoms with Crippen molar-refractivity contribution in [3.05, 3.63) is 30.1 Å². The number of halogens is 1. The molecule has 1 rings (SSSR count). The molecule has 0 fully saturated rings. The molecule has 110 valence electrons. The summed E-state index contributed by atoms with van der Waals surface area (Å²) in [5.41, 5.74) is 1.44. The van der Waals surface area contributed by atoms with Crippen molar-refractivity contribution in [3.8, 4) is 0 Å². The number of aryl methyl sites for hydroxylation is 2. The molecule has 0 atom stereocenters. The maximum Gasteiger partial charge on any atom is 0.171 e. The second kappa shape index (κ2) is 12.1. The van der Waals surface area contributed by atoms with Crippen LogP contribution in [0.15, 0.2) is 24.5 Å². The summed E-state index contributed by atoms with van der Waals surface area (Å²) in [6, 6.07) is 4.38. The van der Waals surface area contributed by atoms with E-state index in [1.807, 2.05) is 0 Å². The highest BCUT2D eigenvalue weighted by Crippen LogP contribution is 2.08. The monoisotopic (exact) mass is 267 g/mol. The van der Waals surface area contributed by atoms with Crippen LogP contribution in [-0.4, -0.2) is 0 Å². The van der Waals surface area contributed by atoms with Crippen molar-refractivity contribution in [2.24, 2.45) is 0 Å². The van der Waals surface area contributed by atoms with Crippen LogP contribution in [0, 0.1) is 0 Å². The predicted molar refractivity (Wildman–Crippen MR) is 78.6 cm³/mol. The summed E-state index contributed by atoms with van der Waals surface area (Å²) in [5.74, 6) is 0. The van der Waals surface area contributed by atoms with Crippen molar-refractivity contribution in [1.29, 1.82) is 0 Å². The summed E-state index contributed by atoms with van der Waals surface area (Å²) in [7, 11) is 0. The van der Waals surface area contributed by atoms with E-state index in [0.29, 0.717) is 0 Å². The third-order valence-electron chi connectivity index (χ3n) is 3.60. The summed E-state index contributed by atoms with van der Waals surface area (Å²) >= 11 is 0. The van der Waals surface area contributed by atoms with Crippen molar-refractivity contribution < 1.29 is 9.27 Å². The van der Waals surface area contributed by atoms with Crippen LogP contribution in [0.4, 0.5) is 0 Å². The molecule has 0 saturated carbocycles. The van der Waals surface area contributed by atoms with Gasteiger partial charge in [0, 0.05) is 18.1 Å². The molecular weight excluding hydrogens is 237 g/mol. The van der Waals surface area contributed by atoms with Crippen LogP contribution < -0.4 is 9.27 Å². The molecule has 1 aromatic heterocycles. The smallest absolute Gasteiger partial charge is 0.171 e. The Labute approximate surface area is 118 Å². The van der Waals surface area contributed by atoms with Crippen molar-refractivity contribution in [1.82, 2.24) is 0 Å². The van der Waals surface area contributed by atoms with Crippen LogP contribution in [0.2, 0.25) is 0 Å². The fourth-order valence-electron chi connectivity index (χ4n) is 2.35. The minimum absolute atomic E-state index is 0. The second-order valence-corrected chi connectivity index (χ2v) is 5.28. The molecule has 0 saturated heterocycles. The highest BCUT2D eigenvalue weighted by molar-refractivity contribution is 5.04. The maximum atomic E-state index is 2.34. The predicted octanol–water partition coefficient (Wildman–Crippen LogP) is 1.68. The van der Waals surface area contributed by atoms with E-state index < -0.39 is 0 Å². The Balaban J connectivity index is 0.00000324. The van der Waals surface area contributed by atoms with Crippen LogP contribution >= 0.6 is 0 Å². The topological polar surface area (TPSA) is 3.88 Å². The lowest BCUT2D eigenvalue weighted by Gasteiger charge is -2.01. The molecule has 0 bridgehead atoms. The minimum Gasteiger partial charge on any atom is -1.00 e. The molecule has 0 aliphatic carbocycles. The average Bonchev–Trinajstić information content (AvgIpc) is 2.42. The molecule has 0 unspecified atom stereocenters. The lowest BCUT2D eigenvalue weighted by atomic mass is 10.1. The molecule has 19 heavy (non-hydrogen) atoms. The number of hydrogen-bond acceptors (Lipinski definition) is 0. The Hall–Kier alpha value is -0.920. The standard InChI is InChI=1S/C17H30N.FH/c1-3-5-6-7-8-9-10-11-14-18-15-12-13-17(4-2)16-18;/h12-13,15-16H,3-11,14H2,1-2H3;1H/q+1;/p-1. The van der Waals surface area contributed by atoms with E-state index in [9.17, 15) is 0 Å². The van der Waals surface area contributed by atoms with Gasteiger partial charge in [-0.1, -0.05) is 52.4 Å². The zero-order valence-corrected chi connectivity index (χ0v) is 12.7. The Morgan fingerprint density at radius 1 is 0.895 bits per heavy atom. The zero-order chi connectivity index (χ0) is 13.1. The molecule has 0 aliphatic heterocycles. The van der Waals surface area contributed by atoms with Gasteiger partial charge >= 0.3 is 0 Å². The molecule has 1 heterocycles. The molecule has 1 aromatic rings. The molecule has 0 N–H and O–H groups in total. The number of hydrogen-bond donors (Lipinski definition) is 0. The fraction of sp³-hybridized carbons (Fsp3) is 0.706. The normalized spacial score (nSPS) is 10.2. The van der Waals surface area contributed by atoms with Gasteiger partial charge in [-0.25, -0.2) is 4.57 Å². The summed E-state index contributed by atoms with van der Waals surface area (Å²) < 4.78 is 2.34. The van der Waals surface area contributed by atoms with Gasteiger partial charge in [0.15, 0.2) is 12.4 Å². The van der Waals surface area contributed by atoms with Crippen LogP contribution in [0.5, 0.6) is 0 Å². The Morgan fingerprint density at radius 2 is 1.53 bits per heavy atom. The van der Waals surface area contributed by atoms with Gasteiger partial charge in [-0.3, -0.25) is 0 Å². The Morgan fingerprint density at radius 3 is 2.16 bits per heavy atom. The highest BCUT2D eigenvalue weighted by Gasteiger charge is 2.01. The van der Waals surface area contributed by atoms with E-state index in [4.69, 9.17) is 0 Å². The van der Waals surface area contributed by atoms with E-state index in [0.717, 1.165) is 6.42 Å². The minimum atomic E-state index is 0. The quantitative estimate of drug-likeness (QED) is 0.449. The van der Waals surface area contributed by atoms with Gasteiger partial charge < -0.3 is 4.70 Å². The lowest BCUT2D eigenvalue weighted by molar-refractivity contribution is -0.697. The van der Waals surface area contributed by atoms with Gasteiger partial charge in [-0.2, -0.15) is 0 Å². The maximum absolute atomic E-state index is 2.34. The molecule has 0 spiro atoms. The van der Waals surface area contributed by atoms with Crippen molar-refractivity contribution in [2.75, 3.05) is 0 Å². The second-order valence-electron chi connectivity index (χ2n) is 5.28. The van der Waals surface area contributed by atoms with Gasteiger partial charge in [0.25, 0.3) is 0 Å². The van der Waals surface area contributed by atoms with Crippen molar-refractivity contribution in [2.45, 2.75) is 78.2 Å². The van der Waals surface area contributed by atoms with Crippen LogP contribution in [-0.2, 0) is 13.0 Å². The molecular formula is C17H30FN. The summed E-state index contributed by atoms with van der Waals surface area (Å²) in [6.07, 6.45) is 16.8. The number of nitrogens with zero attached hydrogens (tertiary/aromatic N) is 1.